The number of ether oxygens (including phenoxy) is 2. The molecule has 0 aliphatic heterocycles. The lowest BCUT2D eigenvalue weighted by atomic mass is 9.81. The van der Waals surface area contributed by atoms with Crippen LogP contribution in [0.25, 0.3) is 0 Å². The smallest absolute Gasteiger partial charge is 0.188 e. The molecular weight excluding hydrogens is 545 g/mol. The third-order valence-corrected chi connectivity index (χ3v) is 10.5. The van der Waals surface area contributed by atoms with Crippen molar-refractivity contribution >= 4 is 13.9 Å². The van der Waals surface area contributed by atoms with E-state index in [2.05, 4.69) is 144 Å². The lowest BCUT2D eigenvalue weighted by Gasteiger charge is -2.36. The number of hydrogen-bond donors (Lipinski definition) is 0. The van der Waals surface area contributed by atoms with Gasteiger partial charge in [0.05, 0.1) is 0 Å². The molecule has 0 aromatic heterocycles. The average molecular weight is 596 g/mol. The highest BCUT2D eigenvalue weighted by atomic mass is 31.1. The summed E-state index contributed by atoms with van der Waals surface area (Å²) in [5.74, 6) is 0.988. The van der Waals surface area contributed by atoms with Crippen molar-refractivity contribution in [3.05, 3.63) is 130 Å². The summed E-state index contributed by atoms with van der Waals surface area (Å²) in [6, 6.07) is 33.2. The molecule has 0 saturated carbocycles. The molecule has 2 unspecified atom stereocenters. The molecule has 0 saturated heterocycles. The molecule has 0 bridgehead atoms. The minimum atomic E-state index is -0.0976. The maximum absolute atomic E-state index is 6.42. The topological polar surface area (TPSA) is 21.7 Å². The zero-order chi connectivity index (χ0) is 31.0. The van der Waals surface area contributed by atoms with Crippen LogP contribution in [0.4, 0.5) is 0 Å². The van der Waals surface area contributed by atoms with Crippen LogP contribution >= 0.6 is 8.58 Å². The molecule has 0 amide bonds. The minimum absolute atomic E-state index is 0.0508. The second-order valence-electron chi connectivity index (χ2n) is 13.0. The third-order valence-electron chi connectivity index (χ3n) is 8.32. The van der Waals surface area contributed by atoms with Crippen LogP contribution in [-0.2, 0) is 34.9 Å². The lowest BCUT2D eigenvalue weighted by molar-refractivity contribution is 0.0487. The number of benzene rings is 4. The van der Waals surface area contributed by atoms with Crippen molar-refractivity contribution in [1.29, 1.82) is 0 Å². The summed E-state index contributed by atoms with van der Waals surface area (Å²) in [6.45, 7) is 19.0. The first-order valence-electron chi connectivity index (χ1n) is 15.5. The largest absolute Gasteiger partial charge is 0.467 e. The summed E-state index contributed by atoms with van der Waals surface area (Å²) in [4.78, 5) is 2.58. The maximum Gasteiger partial charge on any atom is 0.188 e. The first kappa shape index (κ1) is 32.9. The zero-order valence-electron chi connectivity index (χ0n) is 27.5. The van der Waals surface area contributed by atoms with Crippen LogP contribution in [0.5, 0.6) is 5.75 Å². The van der Waals surface area contributed by atoms with Crippen LogP contribution in [0.2, 0.25) is 0 Å². The molecule has 3 nitrogen and oxygen atoms in total. The van der Waals surface area contributed by atoms with E-state index in [4.69, 9.17) is 9.47 Å². The van der Waals surface area contributed by atoms with Gasteiger partial charge in [-0.2, -0.15) is 0 Å². The molecule has 2 atom stereocenters. The Morgan fingerprint density at radius 2 is 1.30 bits per heavy atom. The van der Waals surface area contributed by atoms with Gasteiger partial charge in [-0.3, -0.25) is 4.90 Å². The van der Waals surface area contributed by atoms with E-state index in [1.54, 1.807) is 7.11 Å². The predicted molar refractivity (Wildman–Crippen MR) is 185 cm³/mol. The number of rotatable bonds is 13. The lowest BCUT2D eigenvalue weighted by Crippen LogP contribution is -2.28. The summed E-state index contributed by atoms with van der Waals surface area (Å²) < 4.78 is 11.8. The molecule has 0 radical (unpaired) electrons. The van der Waals surface area contributed by atoms with Crippen LogP contribution in [0, 0.1) is 13.8 Å². The second kappa shape index (κ2) is 14.7. The molecule has 0 heterocycles. The maximum atomic E-state index is 6.42. The molecule has 43 heavy (non-hydrogen) atoms. The molecule has 4 aromatic rings. The number of nitrogens with zero attached hydrogens (tertiary/aromatic N) is 1. The summed E-state index contributed by atoms with van der Waals surface area (Å²) in [6.07, 6.45) is 1.01. The number of methoxy groups -OCH3 is 1. The van der Waals surface area contributed by atoms with E-state index in [9.17, 15) is 0 Å². The van der Waals surface area contributed by atoms with Crippen molar-refractivity contribution in [1.82, 2.24) is 4.90 Å². The molecule has 4 heteroatoms. The SMILES string of the molecule is CCC(C)(Pc1c(C)cccc1CN(Cc1ccccc1)Cc1ccccc1)c1cc(C)cc(C(C)(C)C)c1OCOC. The fourth-order valence-electron chi connectivity index (χ4n) is 5.77. The van der Waals surface area contributed by atoms with Crippen molar-refractivity contribution in [3.63, 3.8) is 0 Å². The van der Waals surface area contributed by atoms with E-state index in [1.807, 2.05) is 0 Å². The Hall–Kier alpha value is -2.97. The highest BCUT2D eigenvalue weighted by Gasteiger charge is 2.34. The average Bonchev–Trinajstić information content (AvgIpc) is 2.98. The first-order chi connectivity index (χ1) is 20.5. The number of aryl methyl sites for hydroxylation is 2. The molecule has 4 rings (SSSR count). The van der Waals surface area contributed by atoms with Crippen LogP contribution in [-0.4, -0.2) is 18.8 Å². The van der Waals surface area contributed by atoms with Gasteiger partial charge in [-0.1, -0.05) is 140 Å². The van der Waals surface area contributed by atoms with Crippen molar-refractivity contribution in [2.45, 2.75) is 85.1 Å². The molecule has 0 N–H and O–H groups in total. The highest BCUT2D eigenvalue weighted by Crippen LogP contribution is 2.51. The fraction of sp³-hybridized carbons (Fsp3) is 0.385. The van der Waals surface area contributed by atoms with Gasteiger partial charge in [0.2, 0.25) is 0 Å². The Morgan fingerprint density at radius 3 is 1.84 bits per heavy atom. The quantitative estimate of drug-likeness (QED) is 0.114. The zero-order valence-corrected chi connectivity index (χ0v) is 28.5. The Bertz CT molecular complexity index is 1420. The van der Waals surface area contributed by atoms with E-state index >= 15 is 0 Å². The predicted octanol–water partition coefficient (Wildman–Crippen LogP) is 9.42. The summed E-state index contributed by atoms with van der Waals surface area (Å²) in [5.41, 5.74) is 9.19. The van der Waals surface area contributed by atoms with E-state index in [0.29, 0.717) is 8.58 Å². The summed E-state index contributed by atoms with van der Waals surface area (Å²) in [5, 5.41) is 1.37. The van der Waals surface area contributed by atoms with Gasteiger partial charge in [-0.25, -0.2) is 0 Å². The van der Waals surface area contributed by atoms with Gasteiger partial charge in [-0.15, -0.1) is 0 Å². The van der Waals surface area contributed by atoms with Crippen LogP contribution in [0.3, 0.4) is 0 Å². The summed E-state index contributed by atoms with van der Waals surface area (Å²) >= 11 is 0. The Kier molecular flexibility index (Phi) is 11.2. The molecule has 0 fully saturated rings. The Morgan fingerprint density at radius 1 is 0.721 bits per heavy atom. The molecule has 4 aromatic carbocycles. The number of hydrogen-bond acceptors (Lipinski definition) is 3. The highest BCUT2D eigenvalue weighted by molar-refractivity contribution is 7.48. The van der Waals surface area contributed by atoms with Gasteiger partial charge in [0.1, 0.15) is 5.75 Å². The fourth-order valence-corrected chi connectivity index (χ4v) is 7.42. The Labute approximate surface area is 262 Å². The van der Waals surface area contributed by atoms with Crippen molar-refractivity contribution in [2.75, 3.05) is 13.9 Å². The minimum Gasteiger partial charge on any atom is -0.467 e. The monoisotopic (exact) mass is 595 g/mol. The van der Waals surface area contributed by atoms with Gasteiger partial charge in [0.15, 0.2) is 6.79 Å². The van der Waals surface area contributed by atoms with E-state index in [1.165, 1.54) is 44.2 Å². The van der Waals surface area contributed by atoms with Gasteiger partial charge >= 0.3 is 0 Å². The standard InChI is InChI=1S/C39H50NO2P/c1-9-39(7,35-24-29(2)23-34(38(4,5)6)36(35)42-28-41-8)43-37-30(3)17-16-22-33(37)27-40(25-31-18-12-10-13-19-31)26-32-20-14-11-15-21-32/h10-24,43H,9,25-28H2,1-8H3. The Balaban J connectivity index is 1.75. The molecule has 228 valence electrons. The van der Waals surface area contributed by atoms with Crippen LogP contribution in [0.1, 0.15) is 80.0 Å². The first-order valence-corrected chi connectivity index (χ1v) is 16.5. The van der Waals surface area contributed by atoms with Gasteiger partial charge in [-0.05, 0) is 53.2 Å². The molecular formula is C39H50NO2P. The van der Waals surface area contributed by atoms with Crippen molar-refractivity contribution in [2.24, 2.45) is 0 Å². The van der Waals surface area contributed by atoms with E-state index in [-0.39, 0.29) is 17.4 Å². The van der Waals surface area contributed by atoms with Gasteiger partial charge in [0.25, 0.3) is 0 Å². The van der Waals surface area contributed by atoms with Gasteiger partial charge < -0.3 is 9.47 Å². The molecule has 0 spiro atoms. The third kappa shape index (κ3) is 8.57. The molecule has 0 aliphatic carbocycles. The van der Waals surface area contributed by atoms with Gasteiger partial charge in [0, 0.05) is 43.0 Å². The van der Waals surface area contributed by atoms with E-state index in [0.717, 1.165) is 31.8 Å². The van der Waals surface area contributed by atoms with Crippen molar-refractivity contribution < 1.29 is 9.47 Å². The van der Waals surface area contributed by atoms with Crippen molar-refractivity contribution in [3.8, 4) is 5.75 Å². The van der Waals surface area contributed by atoms with E-state index < -0.39 is 0 Å². The van der Waals surface area contributed by atoms with Crippen LogP contribution < -0.4 is 10.0 Å². The summed E-state index contributed by atoms with van der Waals surface area (Å²) in [7, 11) is 2.29. The van der Waals surface area contributed by atoms with Crippen LogP contribution in [0.15, 0.2) is 91.0 Å². The normalized spacial score (nSPS) is 13.5. The molecule has 0 aliphatic rings. The second-order valence-corrected chi connectivity index (χ2v) is 14.9.